The van der Waals surface area contributed by atoms with Crippen molar-refractivity contribution in [2.45, 2.75) is 16.2 Å². The summed E-state index contributed by atoms with van der Waals surface area (Å²) >= 11 is 5.39. The number of aromatic nitrogens is 1. The zero-order valence-corrected chi connectivity index (χ0v) is 23.4. The second kappa shape index (κ2) is 10.9. The highest BCUT2D eigenvalue weighted by atomic mass is 79.9. The monoisotopic (exact) mass is 633 g/mol. The number of hydrogen-bond donors (Lipinski definition) is 3. The lowest BCUT2D eigenvalue weighted by Gasteiger charge is -2.31. The van der Waals surface area contributed by atoms with Crippen molar-refractivity contribution in [3.05, 3.63) is 67.0 Å². The largest absolute Gasteiger partial charge is 0.497 e. The van der Waals surface area contributed by atoms with Crippen LogP contribution >= 0.6 is 39.0 Å². The number of methoxy groups -OCH3 is 1. The van der Waals surface area contributed by atoms with E-state index < -0.39 is 47.3 Å². The zero-order chi connectivity index (χ0) is 27.8. The SMILES string of the molecule is COc1ccc(NC(=O)COc2ccc(Br)cc2[C@@H]2c3sc(=O)[nH]c3SC3C(=O)N(CC(=O)O)C(=O)C32)cc1. The van der Waals surface area contributed by atoms with Crippen molar-refractivity contribution in [3.63, 3.8) is 0 Å². The molecular formula is C25H20BrN3O8S2. The average Bonchev–Trinajstić information content (AvgIpc) is 3.38. The Morgan fingerprint density at radius 1 is 1.13 bits per heavy atom. The molecule has 1 aromatic heterocycles. The normalized spacial score (nSPS) is 19.8. The summed E-state index contributed by atoms with van der Waals surface area (Å²) in [4.78, 5) is 66.4. The number of benzene rings is 2. The average molecular weight is 634 g/mol. The van der Waals surface area contributed by atoms with Crippen LogP contribution in [0, 0.1) is 5.92 Å². The van der Waals surface area contributed by atoms with Crippen molar-refractivity contribution in [1.82, 2.24) is 9.88 Å². The van der Waals surface area contributed by atoms with Crippen LogP contribution in [0.15, 0.2) is 56.8 Å². The molecule has 14 heteroatoms. The number of nitrogens with one attached hydrogen (secondary N) is 2. The minimum atomic E-state index is -1.31. The van der Waals surface area contributed by atoms with Gasteiger partial charge in [0.15, 0.2) is 6.61 Å². The lowest BCUT2D eigenvalue weighted by Crippen LogP contribution is -2.36. The summed E-state index contributed by atoms with van der Waals surface area (Å²) in [5.74, 6) is -3.85. The van der Waals surface area contributed by atoms with Crippen LogP contribution in [0.25, 0.3) is 0 Å². The van der Waals surface area contributed by atoms with Crippen LogP contribution in [-0.4, -0.2) is 64.2 Å². The second-order valence-electron chi connectivity index (χ2n) is 8.65. The minimum Gasteiger partial charge on any atom is -0.497 e. The number of carbonyl (C=O) groups is 4. The van der Waals surface area contributed by atoms with Gasteiger partial charge in [-0.15, -0.1) is 0 Å². The summed E-state index contributed by atoms with van der Waals surface area (Å²) < 4.78 is 11.7. The number of aromatic amines is 1. The highest BCUT2D eigenvalue weighted by molar-refractivity contribution is 9.10. The number of imide groups is 1. The smallest absolute Gasteiger partial charge is 0.323 e. The maximum atomic E-state index is 13.4. The Kier molecular flexibility index (Phi) is 7.51. The summed E-state index contributed by atoms with van der Waals surface area (Å²) in [7, 11) is 1.54. The third kappa shape index (κ3) is 5.31. The number of thiazole rings is 1. The van der Waals surface area contributed by atoms with Crippen molar-refractivity contribution in [1.29, 1.82) is 0 Å². The number of carboxylic acid groups (broad SMARTS) is 1. The van der Waals surface area contributed by atoms with Gasteiger partial charge in [0.1, 0.15) is 23.3 Å². The molecular weight excluding hydrogens is 614 g/mol. The van der Waals surface area contributed by atoms with Crippen LogP contribution in [0.3, 0.4) is 0 Å². The summed E-state index contributed by atoms with van der Waals surface area (Å²) in [6.45, 7) is -1.11. The molecule has 2 aliphatic heterocycles. The van der Waals surface area contributed by atoms with E-state index in [4.69, 9.17) is 9.47 Å². The van der Waals surface area contributed by atoms with Gasteiger partial charge in [-0.1, -0.05) is 39.0 Å². The van der Waals surface area contributed by atoms with E-state index in [-0.39, 0.29) is 17.2 Å². The molecule has 0 saturated carbocycles. The molecule has 1 saturated heterocycles. The molecule has 0 bridgehead atoms. The fourth-order valence-electron chi connectivity index (χ4n) is 4.61. The number of carboxylic acids is 1. The van der Waals surface area contributed by atoms with Crippen molar-refractivity contribution >= 4 is 68.4 Å². The predicted molar refractivity (Wildman–Crippen MR) is 146 cm³/mol. The number of likely N-dealkylation sites (tertiary alicyclic amines) is 1. The number of H-pyrrole nitrogens is 1. The van der Waals surface area contributed by atoms with Crippen LogP contribution in [0.4, 0.5) is 5.69 Å². The number of aliphatic carboxylic acids is 1. The molecule has 3 N–H and O–H groups in total. The van der Waals surface area contributed by atoms with E-state index in [0.29, 0.717) is 31.4 Å². The molecule has 3 aromatic rings. The second-order valence-corrected chi connectivity index (χ2v) is 11.7. The Morgan fingerprint density at radius 2 is 1.87 bits per heavy atom. The highest BCUT2D eigenvalue weighted by Crippen LogP contribution is 2.54. The Labute approximate surface area is 237 Å². The van der Waals surface area contributed by atoms with Crippen LogP contribution < -0.4 is 19.7 Å². The van der Waals surface area contributed by atoms with Crippen LogP contribution in [-0.2, 0) is 19.2 Å². The first-order valence-corrected chi connectivity index (χ1v) is 14.0. The third-order valence-corrected chi connectivity index (χ3v) is 9.14. The maximum Gasteiger partial charge on any atom is 0.323 e. The van der Waals surface area contributed by atoms with Crippen molar-refractivity contribution in [2.75, 3.05) is 25.6 Å². The van der Waals surface area contributed by atoms with Gasteiger partial charge in [0.05, 0.1) is 18.1 Å². The van der Waals surface area contributed by atoms with Gasteiger partial charge in [-0.25, -0.2) is 0 Å². The molecule has 0 aliphatic carbocycles. The van der Waals surface area contributed by atoms with E-state index in [0.717, 1.165) is 28.0 Å². The molecule has 0 spiro atoms. The van der Waals surface area contributed by atoms with Crippen LogP contribution in [0.2, 0.25) is 0 Å². The van der Waals surface area contributed by atoms with Gasteiger partial charge in [-0.05, 0) is 42.5 Å². The number of amides is 3. The molecule has 2 aromatic carbocycles. The standard InChI is InChI=1S/C25H20BrN3O8S2/c1-36-13-5-3-12(4-6-13)27-16(30)10-37-15-7-2-11(26)8-14(15)18-19-21(38-22-20(18)39-25(35)28-22)24(34)29(23(19)33)9-17(31)32/h2-8,18-19,21H,9-10H2,1H3,(H,27,30)(H,28,35)(H,31,32)/t18-,19?,21?/m0/s1. The zero-order valence-electron chi connectivity index (χ0n) is 20.1. The highest BCUT2D eigenvalue weighted by Gasteiger charge is 2.56. The number of rotatable bonds is 8. The number of thioether (sulfide) groups is 1. The summed E-state index contributed by atoms with van der Waals surface area (Å²) in [6.07, 6.45) is 0. The van der Waals surface area contributed by atoms with E-state index in [1.807, 2.05) is 0 Å². The topological polar surface area (TPSA) is 155 Å². The number of halogens is 1. The first kappa shape index (κ1) is 27.0. The Morgan fingerprint density at radius 3 is 2.56 bits per heavy atom. The third-order valence-electron chi connectivity index (χ3n) is 6.25. The molecule has 2 aliphatic rings. The summed E-state index contributed by atoms with van der Waals surface area (Å²) in [5, 5.41) is 11.5. The van der Waals surface area contributed by atoms with Crippen molar-refractivity contribution < 1.29 is 33.8 Å². The Bertz CT molecular complexity index is 1540. The number of ether oxygens (including phenoxy) is 2. The van der Waals surface area contributed by atoms with Gasteiger partial charge in [0, 0.05) is 26.5 Å². The van der Waals surface area contributed by atoms with Crippen molar-refractivity contribution in [2.24, 2.45) is 5.92 Å². The molecule has 3 atom stereocenters. The fraction of sp³-hybridized carbons (Fsp3) is 0.240. The van der Waals surface area contributed by atoms with Gasteiger partial charge < -0.3 is 24.9 Å². The summed E-state index contributed by atoms with van der Waals surface area (Å²) in [6, 6.07) is 11.8. The lowest BCUT2D eigenvalue weighted by molar-refractivity contribution is -0.149. The number of anilines is 1. The molecule has 5 rings (SSSR count). The van der Waals surface area contributed by atoms with Gasteiger partial charge in [-0.2, -0.15) is 0 Å². The molecule has 0 radical (unpaired) electrons. The molecule has 1 fully saturated rings. The van der Waals surface area contributed by atoms with Crippen LogP contribution in [0.5, 0.6) is 11.5 Å². The number of hydrogen-bond acceptors (Lipinski definition) is 9. The summed E-state index contributed by atoms with van der Waals surface area (Å²) in [5.41, 5.74) is 1.02. The lowest BCUT2D eigenvalue weighted by atomic mass is 9.82. The molecule has 39 heavy (non-hydrogen) atoms. The first-order valence-electron chi connectivity index (χ1n) is 11.5. The molecule has 11 nitrogen and oxygen atoms in total. The quantitative estimate of drug-likeness (QED) is 0.317. The Hall–Kier alpha value is -3.62. The maximum absolute atomic E-state index is 13.4. The first-order chi connectivity index (χ1) is 18.7. The van der Waals surface area contributed by atoms with Gasteiger partial charge in [0.2, 0.25) is 11.8 Å². The van der Waals surface area contributed by atoms with Gasteiger partial charge in [0.25, 0.3) is 5.91 Å². The van der Waals surface area contributed by atoms with Crippen LogP contribution in [0.1, 0.15) is 16.4 Å². The molecule has 202 valence electrons. The van der Waals surface area contributed by atoms with Gasteiger partial charge >= 0.3 is 10.8 Å². The van der Waals surface area contributed by atoms with E-state index in [9.17, 15) is 29.1 Å². The molecule has 2 unspecified atom stereocenters. The Balaban J connectivity index is 1.47. The van der Waals surface area contributed by atoms with E-state index >= 15 is 0 Å². The van der Waals surface area contributed by atoms with E-state index in [2.05, 4.69) is 26.2 Å². The van der Waals surface area contributed by atoms with Crippen molar-refractivity contribution in [3.8, 4) is 11.5 Å². The number of carbonyl (C=O) groups excluding carboxylic acids is 3. The molecule has 3 amide bonds. The minimum absolute atomic E-state index is 0.280. The molecule has 3 heterocycles. The number of nitrogens with zero attached hydrogens (tertiary/aromatic N) is 1. The van der Waals surface area contributed by atoms with Gasteiger partial charge in [-0.3, -0.25) is 28.9 Å². The number of fused-ring (bicyclic) bond motifs is 2. The van der Waals surface area contributed by atoms with E-state index in [1.165, 1.54) is 7.11 Å². The van der Waals surface area contributed by atoms with E-state index in [1.54, 1.807) is 42.5 Å². The fourth-order valence-corrected chi connectivity index (χ4v) is 7.52. The predicted octanol–water partition coefficient (Wildman–Crippen LogP) is 2.90.